The van der Waals surface area contributed by atoms with Gasteiger partial charge in [-0.15, -0.1) is 0 Å². The predicted octanol–water partition coefficient (Wildman–Crippen LogP) is 3.37. The number of furan rings is 1. The molecule has 0 saturated carbocycles. The van der Waals surface area contributed by atoms with Gasteiger partial charge in [-0.2, -0.15) is 0 Å². The van der Waals surface area contributed by atoms with Crippen molar-refractivity contribution in [3.05, 3.63) is 88.2 Å². The van der Waals surface area contributed by atoms with Crippen LogP contribution in [-0.4, -0.2) is 30.0 Å². The van der Waals surface area contributed by atoms with Crippen molar-refractivity contribution in [2.45, 2.75) is 12.5 Å². The normalized spacial score (nSPS) is 11.5. The largest absolute Gasteiger partial charge is 0.467 e. The van der Waals surface area contributed by atoms with E-state index in [4.69, 9.17) is 9.15 Å². The second-order valence-corrected chi connectivity index (χ2v) is 6.18. The number of nitrogens with zero attached hydrogens (tertiary/aromatic N) is 1. The summed E-state index contributed by atoms with van der Waals surface area (Å²) in [7, 11) is 1.24. The quantitative estimate of drug-likeness (QED) is 0.374. The molecule has 1 heterocycles. The van der Waals surface area contributed by atoms with E-state index in [0.29, 0.717) is 0 Å². The van der Waals surface area contributed by atoms with Gasteiger partial charge in [0.25, 0.3) is 11.6 Å². The number of hydrogen-bond acceptors (Lipinski definition) is 6. The van der Waals surface area contributed by atoms with Crippen LogP contribution in [0.5, 0.6) is 0 Å². The molecule has 8 nitrogen and oxygen atoms in total. The zero-order valence-corrected chi connectivity index (χ0v) is 15.5. The molecule has 1 N–H and O–H groups in total. The Morgan fingerprint density at radius 1 is 1.07 bits per heavy atom. The molecule has 0 aliphatic heterocycles. The Balaban J connectivity index is 1.80. The number of nitro benzene ring substituents is 1. The van der Waals surface area contributed by atoms with E-state index < -0.39 is 22.8 Å². The minimum Gasteiger partial charge on any atom is -0.467 e. The molecule has 0 radical (unpaired) electrons. The third-order valence-electron chi connectivity index (χ3n) is 4.27. The topological polar surface area (TPSA) is 112 Å². The molecule has 8 heteroatoms. The molecule has 29 heavy (non-hydrogen) atoms. The van der Waals surface area contributed by atoms with Crippen LogP contribution in [0.3, 0.4) is 0 Å². The van der Waals surface area contributed by atoms with E-state index in [1.54, 1.807) is 12.1 Å². The van der Waals surface area contributed by atoms with Crippen LogP contribution >= 0.6 is 0 Å². The predicted molar refractivity (Wildman–Crippen MR) is 104 cm³/mol. The van der Waals surface area contributed by atoms with Gasteiger partial charge in [-0.05, 0) is 23.8 Å². The number of amides is 1. The average molecular weight is 394 g/mol. The van der Waals surface area contributed by atoms with Gasteiger partial charge < -0.3 is 14.5 Å². The summed E-state index contributed by atoms with van der Waals surface area (Å²) in [6, 6.07) is 17.2. The van der Waals surface area contributed by atoms with Crippen molar-refractivity contribution in [2.75, 3.05) is 7.11 Å². The minimum atomic E-state index is -0.908. The summed E-state index contributed by atoms with van der Waals surface area (Å²) in [6.45, 7) is 0. The van der Waals surface area contributed by atoms with E-state index in [0.717, 1.165) is 5.56 Å². The molecule has 1 aromatic heterocycles. The number of esters is 1. The highest BCUT2D eigenvalue weighted by Gasteiger charge is 2.25. The van der Waals surface area contributed by atoms with Crippen LogP contribution in [0.4, 0.5) is 5.69 Å². The van der Waals surface area contributed by atoms with E-state index in [-0.39, 0.29) is 29.2 Å². The van der Waals surface area contributed by atoms with Crippen molar-refractivity contribution in [3.63, 3.8) is 0 Å². The molecule has 0 aliphatic carbocycles. The Morgan fingerprint density at radius 2 is 1.76 bits per heavy atom. The van der Waals surface area contributed by atoms with Gasteiger partial charge in [-0.1, -0.05) is 42.5 Å². The molecule has 2 aromatic carbocycles. The number of ether oxygens (including phenoxy) is 1. The highest BCUT2D eigenvalue weighted by molar-refractivity contribution is 5.95. The fraction of sp³-hybridized carbons (Fsp3) is 0.143. The number of carbonyl (C=O) groups excluding carboxylic acids is 2. The third kappa shape index (κ3) is 4.67. The Labute approximate surface area is 166 Å². The number of nitro groups is 1. The van der Waals surface area contributed by atoms with Crippen LogP contribution in [0.1, 0.15) is 16.1 Å². The first-order valence-electron chi connectivity index (χ1n) is 8.76. The maximum Gasteiger partial charge on any atom is 0.328 e. The Hall–Kier alpha value is -3.94. The van der Waals surface area contributed by atoms with E-state index in [1.807, 2.05) is 30.3 Å². The minimum absolute atomic E-state index is 0.0693. The standard InChI is InChI=1S/C21H18N2O6/c1-28-21(25)16(13-14-7-3-2-4-8-14)22-20(24)19-12-11-18(29-19)15-9-5-6-10-17(15)23(26)27/h2-12,16H,13H2,1H3,(H,22,24). The van der Waals surface area contributed by atoms with Crippen molar-refractivity contribution in [1.82, 2.24) is 5.32 Å². The molecule has 148 valence electrons. The molecule has 0 spiro atoms. The maximum absolute atomic E-state index is 12.6. The summed E-state index contributed by atoms with van der Waals surface area (Å²) in [5, 5.41) is 13.8. The van der Waals surface area contributed by atoms with Gasteiger partial charge >= 0.3 is 5.97 Å². The lowest BCUT2D eigenvalue weighted by Gasteiger charge is -2.15. The molecule has 0 fully saturated rings. The van der Waals surface area contributed by atoms with Crippen LogP contribution in [0, 0.1) is 10.1 Å². The summed E-state index contributed by atoms with van der Waals surface area (Å²) >= 11 is 0. The Kier molecular flexibility index (Phi) is 6.03. The SMILES string of the molecule is COC(=O)C(Cc1ccccc1)NC(=O)c1ccc(-c2ccccc2[N+](=O)[O-])o1. The van der Waals surface area contributed by atoms with Crippen LogP contribution in [0.15, 0.2) is 71.1 Å². The molecule has 1 atom stereocenters. The van der Waals surface area contributed by atoms with E-state index >= 15 is 0 Å². The lowest BCUT2D eigenvalue weighted by molar-refractivity contribution is -0.384. The van der Waals surface area contributed by atoms with Gasteiger partial charge in [-0.3, -0.25) is 14.9 Å². The lowest BCUT2D eigenvalue weighted by Crippen LogP contribution is -2.42. The van der Waals surface area contributed by atoms with Gasteiger partial charge in [0.05, 0.1) is 17.6 Å². The molecular weight excluding hydrogens is 376 g/mol. The highest BCUT2D eigenvalue weighted by atomic mass is 16.6. The van der Waals surface area contributed by atoms with Gasteiger partial charge in [0.1, 0.15) is 11.8 Å². The summed E-state index contributed by atoms with van der Waals surface area (Å²) < 4.78 is 10.3. The van der Waals surface area contributed by atoms with Gasteiger partial charge in [0.15, 0.2) is 5.76 Å². The Bertz CT molecular complexity index is 1030. The van der Waals surface area contributed by atoms with Gasteiger partial charge in [0, 0.05) is 12.5 Å². The molecule has 1 unspecified atom stereocenters. The third-order valence-corrected chi connectivity index (χ3v) is 4.27. The van der Waals surface area contributed by atoms with Crippen molar-refractivity contribution < 1.29 is 23.7 Å². The molecule has 1 amide bonds. The highest BCUT2D eigenvalue weighted by Crippen LogP contribution is 2.30. The van der Waals surface area contributed by atoms with Crippen molar-refractivity contribution in [3.8, 4) is 11.3 Å². The lowest BCUT2D eigenvalue weighted by atomic mass is 10.1. The average Bonchev–Trinajstić information content (AvgIpc) is 3.23. The van der Waals surface area contributed by atoms with Crippen LogP contribution in [-0.2, 0) is 16.0 Å². The molecular formula is C21H18N2O6. The number of hydrogen-bond donors (Lipinski definition) is 1. The number of benzene rings is 2. The summed E-state index contributed by atoms with van der Waals surface area (Å²) in [6.07, 6.45) is 0.247. The van der Waals surface area contributed by atoms with Crippen LogP contribution in [0.2, 0.25) is 0 Å². The van der Waals surface area contributed by atoms with Gasteiger partial charge in [0.2, 0.25) is 0 Å². The van der Waals surface area contributed by atoms with Crippen molar-refractivity contribution in [2.24, 2.45) is 0 Å². The van der Waals surface area contributed by atoms with Gasteiger partial charge in [-0.25, -0.2) is 4.79 Å². The van der Waals surface area contributed by atoms with Crippen LogP contribution in [0.25, 0.3) is 11.3 Å². The zero-order valence-electron chi connectivity index (χ0n) is 15.5. The molecule has 0 aliphatic rings. The fourth-order valence-electron chi connectivity index (χ4n) is 2.86. The molecule has 3 aromatic rings. The van der Waals surface area contributed by atoms with E-state index in [9.17, 15) is 19.7 Å². The smallest absolute Gasteiger partial charge is 0.328 e. The first-order valence-corrected chi connectivity index (χ1v) is 8.76. The molecule has 0 bridgehead atoms. The van der Waals surface area contributed by atoms with E-state index in [1.165, 1.54) is 31.4 Å². The molecule has 3 rings (SSSR count). The number of methoxy groups -OCH3 is 1. The first kappa shape index (κ1) is 19.8. The summed E-state index contributed by atoms with van der Waals surface area (Å²) in [5.74, 6) is -1.10. The first-order chi connectivity index (χ1) is 14.0. The molecule has 0 saturated heterocycles. The van der Waals surface area contributed by atoms with Crippen LogP contribution < -0.4 is 5.32 Å². The number of para-hydroxylation sites is 1. The monoisotopic (exact) mass is 394 g/mol. The zero-order chi connectivity index (χ0) is 20.8. The second-order valence-electron chi connectivity index (χ2n) is 6.18. The Morgan fingerprint density at radius 3 is 2.45 bits per heavy atom. The van der Waals surface area contributed by atoms with Crippen molar-refractivity contribution in [1.29, 1.82) is 0 Å². The second kappa shape index (κ2) is 8.83. The number of carbonyl (C=O) groups is 2. The fourth-order valence-corrected chi connectivity index (χ4v) is 2.86. The maximum atomic E-state index is 12.6. The van der Waals surface area contributed by atoms with Crippen molar-refractivity contribution >= 4 is 17.6 Å². The number of nitrogens with one attached hydrogen (secondary N) is 1. The summed E-state index contributed by atoms with van der Waals surface area (Å²) in [4.78, 5) is 35.3. The number of rotatable bonds is 7. The summed E-state index contributed by atoms with van der Waals surface area (Å²) in [5.41, 5.74) is 0.971. The van der Waals surface area contributed by atoms with E-state index in [2.05, 4.69) is 5.32 Å².